The number of methoxy groups -OCH3 is 1. The molecule has 0 aromatic heterocycles. The Morgan fingerprint density at radius 3 is 2.52 bits per heavy atom. The number of sulfone groups is 1. The van der Waals surface area contributed by atoms with E-state index in [-0.39, 0.29) is 35.0 Å². The Kier molecular flexibility index (Phi) is 6.25. The molecular weight excluding hydrogens is 418 g/mol. The molecule has 1 saturated heterocycles. The van der Waals surface area contributed by atoms with E-state index in [1.807, 2.05) is 0 Å². The molecule has 156 valence electrons. The summed E-state index contributed by atoms with van der Waals surface area (Å²) in [6.45, 7) is 0.0258. The zero-order valence-electron chi connectivity index (χ0n) is 15.7. The highest BCUT2D eigenvalue weighted by atomic mass is 32.2. The van der Waals surface area contributed by atoms with Gasteiger partial charge in [-0.3, -0.25) is 0 Å². The summed E-state index contributed by atoms with van der Waals surface area (Å²) in [6.07, 6.45) is 0.227. The van der Waals surface area contributed by atoms with Crippen molar-refractivity contribution in [2.24, 2.45) is 0 Å². The van der Waals surface area contributed by atoms with Gasteiger partial charge in [0.1, 0.15) is 12.4 Å². The van der Waals surface area contributed by atoms with E-state index in [1.165, 1.54) is 24.3 Å². The second-order valence-corrected chi connectivity index (χ2v) is 10.6. The molecule has 0 aliphatic carbocycles. The van der Waals surface area contributed by atoms with Crippen LogP contribution in [0, 0.1) is 0 Å². The van der Waals surface area contributed by atoms with Crippen molar-refractivity contribution in [2.75, 3.05) is 18.6 Å². The fraction of sp³-hybridized carbons (Fsp3) is 0.316. The molecule has 3 rings (SSSR count). The van der Waals surface area contributed by atoms with E-state index in [4.69, 9.17) is 9.47 Å². The summed E-state index contributed by atoms with van der Waals surface area (Å²) < 4.78 is 60.8. The molecule has 1 aliphatic heterocycles. The minimum atomic E-state index is -3.96. The smallest absolute Gasteiger partial charge is 0.338 e. The van der Waals surface area contributed by atoms with Gasteiger partial charge in [-0.1, -0.05) is 18.2 Å². The average molecular weight is 440 g/mol. The van der Waals surface area contributed by atoms with E-state index < -0.39 is 31.9 Å². The lowest BCUT2D eigenvalue weighted by atomic mass is 10.2. The summed E-state index contributed by atoms with van der Waals surface area (Å²) in [5.74, 6) is -0.254. The monoisotopic (exact) mass is 439 g/mol. The van der Waals surface area contributed by atoms with Crippen LogP contribution in [0.2, 0.25) is 0 Å². The maximum absolute atomic E-state index is 12.5. The molecule has 0 saturated carbocycles. The van der Waals surface area contributed by atoms with Gasteiger partial charge in [-0.05, 0) is 42.3 Å². The van der Waals surface area contributed by atoms with E-state index in [1.54, 1.807) is 31.4 Å². The lowest BCUT2D eigenvalue weighted by molar-refractivity contribution is 0.0472. The number of carbonyl (C=O) groups is 1. The first-order valence-corrected chi connectivity index (χ1v) is 12.1. The van der Waals surface area contributed by atoms with Crippen LogP contribution in [0.5, 0.6) is 5.75 Å². The van der Waals surface area contributed by atoms with Crippen molar-refractivity contribution in [1.82, 2.24) is 4.72 Å². The van der Waals surface area contributed by atoms with Crippen LogP contribution in [0.4, 0.5) is 0 Å². The molecule has 0 amide bonds. The number of hydrogen-bond donors (Lipinski definition) is 1. The molecule has 8 nitrogen and oxygen atoms in total. The lowest BCUT2D eigenvalue weighted by Crippen LogP contribution is -2.35. The summed E-state index contributed by atoms with van der Waals surface area (Å²) in [7, 11) is -5.63. The molecule has 29 heavy (non-hydrogen) atoms. The van der Waals surface area contributed by atoms with Gasteiger partial charge in [-0.15, -0.1) is 0 Å². The Balaban J connectivity index is 1.66. The number of benzene rings is 2. The molecule has 1 fully saturated rings. The van der Waals surface area contributed by atoms with Crippen LogP contribution in [0.3, 0.4) is 0 Å². The van der Waals surface area contributed by atoms with Gasteiger partial charge in [-0.2, -0.15) is 0 Å². The first-order chi connectivity index (χ1) is 13.7. The van der Waals surface area contributed by atoms with E-state index in [0.717, 1.165) is 5.56 Å². The molecule has 2 aromatic carbocycles. The van der Waals surface area contributed by atoms with Gasteiger partial charge in [0, 0.05) is 6.04 Å². The third-order valence-electron chi connectivity index (χ3n) is 4.46. The number of nitrogens with one attached hydrogen (secondary N) is 1. The van der Waals surface area contributed by atoms with Gasteiger partial charge in [0.2, 0.25) is 10.0 Å². The third kappa shape index (κ3) is 5.55. The highest BCUT2D eigenvalue weighted by molar-refractivity contribution is 7.92. The van der Waals surface area contributed by atoms with Crippen molar-refractivity contribution in [3.8, 4) is 5.75 Å². The SMILES string of the molecule is COc1ccc(COC(=O)c2cccc(S(=O)(=O)NC3CCS(=O)(=O)C3)c2)cc1. The van der Waals surface area contributed by atoms with Gasteiger partial charge in [0.05, 0.1) is 29.1 Å². The fourth-order valence-electron chi connectivity index (χ4n) is 2.92. The zero-order valence-corrected chi connectivity index (χ0v) is 17.3. The maximum atomic E-state index is 12.5. The van der Waals surface area contributed by atoms with Crippen LogP contribution >= 0.6 is 0 Å². The minimum absolute atomic E-state index is 0.0258. The predicted octanol–water partition coefficient (Wildman–Crippen LogP) is 1.52. The number of ether oxygens (including phenoxy) is 2. The average Bonchev–Trinajstić information content (AvgIpc) is 3.04. The predicted molar refractivity (Wildman–Crippen MR) is 106 cm³/mol. The number of esters is 1. The van der Waals surface area contributed by atoms with Crippen molar-refractivity contribution in [1.29, 1.82) is 0 Å². The van der Waals surface area contributed by atoms with Gasteiger partial charge >= 0.3 is 5.97 Å². The minimum Gasteiger partial charge on any atom is -0.497 e. The molecule has 1 heterocycles. The normalized spacial score (nSPS) is 18.3. The summed E-state index contributed by atoms with van der Waals surface area (Å²) in [4.78, 5) is 12.2. The molecule has 0 spiro atoms. The summed E-state index contributed by atoms with van der Waals surface area (Å²) in [5, 5.41) is 0. The molecule has 1 aliphatic rings. The van der Waals surface area contributed by atoms with Crippen molar-refractivity contribution >= 4 is 25.8 Å². The summed E-state index contributed by atoms with van der Waals surface area (Å²) in [5.41, 5.74) is 0.840. The van der Waals surface area contributed by atoms with E-state index in [0.29, 0.717) is 5.75 Å². The highest BCUT2D eigenvalue weighted by Gasteiger charge is 2.31. The number of carbonyl (C=O) groups excluding carboxylic acids is 1. The topological polar surface area (TPSA) is 116 Å². The van der Waals surface area contributed by atoms with Crippen LogP contribution in [0.25, 0.3) is 0 Å². The molecule has 0 bridgehead atoms. The van der Waals surface area contributed by atoms with Crippen molar-refractivity contribution in [2.45, 2.75) is 24.0 Å². The summed E-state index contributed by atoms with van der Waals surface area (Å²) in [6, 6.07) is 11.8. The molecule has 1 N–H and O–H groups in total. The molecular formula is C19H21NO7S2. The number of hydrogen-bond acceptors (Lipinski definition) is 7. The molecule has 1 unspecified atom stereocenters. The number of rotatable bonds is 7. The Morgan fingerprint density at radius 1 is 1.17 bits per heavy atom. The van der Waals surface area contributed by atoms with Crippen LogP contribution < -0.4 is 9.46 Å². The highest BCUT2D eigenvalue weighted by Crippen LogP contribution is 2.18. The first-order valence-electron chi connectivity index (χ1n) is 8.81. The number of sulfonamides is 1. The molecule has 2 aromatic rings. The van der Waals surface area contributed by atoms with Crippen molar-refractivity contribution < 1.29 is 31.1 Å². The quantitative estimate of drug-likeness (QED) is 0.650. The van der Waals surface area contributed by atoms with E-state index in [2.05, 4.69) is 4.72 Å². The largest absolute Gasteiger partial charge is 0.497 e. The van der Waals surface area contributed by atoms with Gasteiger partial charge in [0.15, 0.2) is 9.84 Å². The second-order valence-electron chi connectivity index (χ2n) is 6.67. The Hall–Kier alpha value is -2.43. The second kappa shape index (κ2) is 8.52. The van der Waals surface area contributed by atoms with Crippen LogP contribution in [0.15, 0.2) is 53.4 Å². The Labute approximate surface area is 169 Å². The van der Waals surface area contributed by atoms with E-state index in [9.17, 15) is 21.6 Å². The molecule has 1 atom stereocenters. The maximum Gasteiger partial charge on any atom is 0.338 e. The fourth-order valence-corrected chi connectivity index (χ4v) is 6.01. The van der Waals surface area contributed by atoms with E-state index >= 15 is 0 Å². The van der Waals surface area contributed by atoms with Gasteiger partial charge < -0.3 is 9.47 Å². The first kappa shape index (κ1) is 21.3. The lowest BCUT2D eigenvalue weighted by Gasteiger charge is -2.12. The summed E-state index contributed by atoms with van der Waals surface area (Å²) >= 11 is 0. The van der Waals surface area contributed by atoms with Crippen LogP contribution in [0.1, 0.15) is 22.3 Å². The van der Waals surface area contributed by atoms with Crippen LogP contribution in [-0.2, 0) is 31.2 Å². The van der Waals surface area contributed by atoms with Gasteiger partial charge in [-0.25, -0.2) is 26.4 Å². The van der Waals surface area contributed by atoms with Crippen molar-refractivity contribution in [3.63, 3.8) is 0 Å². The molecule has 0 radical (unpaired) electrons. The molecule has 10 heteroatoms. The zero-order chi connectivity index (χ0) is 21.1. The van der Waals surface area contributed by atoms with Crippen LogP contribution in [-0.4, -0.2) is 47.5 Å². The Morgan fingerprint density at radius 2 is 1.90 bits per heavy atom. The van der Waals surface area contributed by atoms with Gasteiger partial charge in [0.25, 0.3) is 0 Å². The van der Waals surface area contributed by atoms with Crippen molar-refractivity contribution in [3.05, 3.63) is 59.7 Å². The third-order valence-corrected chi connectivity index (χ3v) is 7.75. The standard InChI is InChI=1S/C19H21NO7S2/c1-26-17-7-5-14(6-8-17)12-27-19(21)15-3-2-4-18(11-15)29(24,25)20-16-9-10-28(22,23)13-16/h2-8,11,16,20H,9-10,12-13H2,1H3. The Bertz CT molecular complexity index is 1090.